The molecule has 0 saturated carbocycles. The maximum absolute atomic E-state index is 12.4. The SMILES string of the molecule is Cc1cc(C)cc(C(=O)c2ccc(S(C)(=O)=O)cc2)c1. The third kappa shape index (κ3) is 3.14. The van der Waals surface area contributed by atoms with Crippen molar-refractivity contribution < 1.29 is 13.2 Å². The normalized spacial score (nSPS) is 11.3. The number of carbonyl (C=O) groups excluding carboxylic acids is 1. The van der Waals surface area contributed by atoms with Crippen molar-refractivity contribution in [3.63, 3.8) is 0 Å². The average molecular weight is 288 g/mol. The Morgan fingerprint density at radius 2 is 1.35 bits per heavy atom. The molecule has 2 aromatic rings. The van der Waals surface area contributed by atoms with Gasteiger partial charge in [-0.1, -0.05) is 17.2 Å². The third-order valence-corrected chi connectivity index (χ3v) is 4.16. The molecule has 0 aliphatic rings. The van der Waals surface area contributed by atoms with Crippen LogP contribution in [0.2, 0.25) is 0 Å². The number of hydrogen-bond acceptors (Lipinski definition) is 3. The van der Waals surface area contributed by atoms with Crippen molar-refractivity contribution in [2.75, 3.05) is 6.26 Å². The number of rotatable bonds is 3. The fourth-order valence-electron chi connectivity index (χ4n) is 2.13. The van der Waals surface area contributed by atoms with Crippen molar-refractivity contribution in [3.8, 4) is 0 Å². The summed E-state index contributed by atoms with van der Waals surface area (Å²) in [6, 6.07) is 11.7. The molecular formula is C16H16O3S. The molecule has 0 amide bonds. The van der Waals surface area contributed by atoms with Gasteiger partial charge in [0, 0.05) is 17.4 Å². The summed E-state index contributed by atoms with van der Waals surface area (Å²) in [4.78, 5) is 12.6. The number of carbonyl (C=O) groups is 1. The lowest BCUT2D eigenvalue weighted by molar-refractivity contribution is 0.103. The van der Waals surface area contributed by atoms with Crippen LogP contribution in [-0.4, -0.2) is 20.5 Å². The first-order valence-electron chi connectivity index (χ1n) is 6.20. The first-order valence-corrected chi connectivity index (χ1v) is 8.09. The second-order valence-electron chi connectivity index (χ2n) is 5.00. The van der Waals surface area contributed by atoms with Gasteiger partial charge in [-0.2, -0.15) is 0 Å². The average Bonchev–Trinajstić information content (AvgIpc) is 2.36. The van der Waals surface area contributed by atoms with Gasteiger partial charge in [0.2, 0.25) is 0 Å². The molecule has 0 fully saturated rings. The van der Waals surface area contributed by atoms with E-state index in [9.17, 15) is 13.2 Å². The quantitative estimate of drug-likeness (QED) is 0.816. The van der Waals surface area contributed by atoms with Gasteiger partial charge in [-0.25, -0.2) is 8.42 Å². The fraction of sp³-hybridized carbons (Fsp3) is 0.188. The van der Waals surface area contributed by atoms with Crippen LogP contribution in [0, 0.1) is 13.8 Å². The molecule has 4 heteroatoms. The van der Waals surface area contributed by atoms with Crippen molar-refractivity contribution >= 4 is 15.6 Å². The van der Waals surface area contributed by atoms with Crippen molar-refractivity contribution in [1.82, 2.24) is 0 Å². The lowest BCUT2D eigenvalue weighted by atomic mass is 9.99. The maximum atomic E-state index is 12.4. The summed E-state index contributed by atoms with van der Waals surface area (Å²) >= 11 is 0. The van der Waals surface area contributed by atoms with E-state index < -0.39 is 9.84 Å². The Morgan fingerprint density at radius 3 is 1.80 bits per heavy atom. The highest BCUT2D eigenvalue weighted by Crippen LogP contribution is 2.16. The third-order valence-electron chi connectivity index (χ3n) is 3.03. The summed E-state index contributed by atoms with van der Waals surface area (Å²) in [7, 11) is -3.23. The van der Waals surface area contributed by atoms with Crippen molar-refractivity contribution in [2.24, 2.45) is 0 Å². The Balaban J connectivity index is 2.39. The molecule has 0 aliphatic carbocycles. The maximum Gasteiger partial charge on any atom is 0.193 e. The van der Waals surface area contributed by atoms with E-state index in [1.165, 1.54) is 12.1 Å². The molecule has 0 aromatic heterocycles. The van der Waals surface area contributed by atoms with Crippen molar-refractivity contribution in [1.29, 1.82) is 0 Å². The van der Waals surface area contributed by atoms with Crippen LogP contribution in [0.5, 0.6) is 0 Å². The van der Waals surface area contributed by atoms with Gasteiger partial charge in [-0.3, -0.25) is 4.79 Å². The Hall–Kier alpha value is -1.94. The van der Waals surface area contributed by atoms with Gasteiger partial charge in [-0.05, 0) is 50.2 Å². The van der Waals surface area contributed by atoms with Gasteiger partial charge < -0.3 is 0 Å². The predicted octanol–water partition coefficient (Wildman–Crippen LogP) is 2.94. The van der Waals surface area contributed by atoms with Crippen LogP contribution in [0.4, 0.5) is 0 Å². The van der Waals surface area contributed by atoms with Crippen LogP contribution >= 0.6 is 0 Å². The summed E-state index contributed by atoms with van der Waals surface area (Å²) in [5.74, 6) is -0.100. The molecule has 0 heterocycles. The summed E-state index contributed by atoms with van der Waals surface area (Å²) in [5, 5.41) is 0. The molecular weight excluding hydrogens is 272 g/mol. The van der Waals surface area contributed by atoms with Crippen LogP contribution in [0.3, 0.4) is 0 Å². The highest BCUT2D eigenvalue weighted by Gasteiger charge is 2.12. The number of sulfone groups is 1. The van der Waals surface area contributed by atoms with E-state index in [4.69, 9.17) is 0 Å². The molecule has 0 spiro atoms. The lowest BCUT2D eigenvalue weighted by Gasteiger charge is -2.05. The Morgan fingerprint density at radius 1 is 0.850 bits per heavy atom. The fourth-order valence-corrected chi connectivity index (χ4v) is 2.76. The van der Waals surface area contributed by atoms with Crippen molar-refractivity contribution in [2.45, 2.75) is 18.7 Å². The van der Waals surface area contributed by atoms with Gasteiger partial charge in [0.15, 0.2) is 15.6 Å². The molecule has 2 rings (SSSR count). The molecule has 20 heavy (non-hydrogen) atoms. The van der Waals surface area contributed by atoms with Crippen LogP contribution in [0.15, 0.2) is 47.4 Å². The van der Waals surface area contributed by atoms with Gasteiger partial charge in [-0.15, -0.1) is 0 Å². The lowest BCUT2D eigenvalue weighted by Crippen LogP contribution is -2.03. The van der Waals surface area contributed by atoms with Crippen LogP contribution in [-0.2, 0) is 9.84 Å². The van der Waals surface area contributed by atoms with Crippen LogP contribution in [0.1, 0.15) is 27.0 Å². The molecule has 0 atom stereocenters. The van der Waals surface area contributed by atoms with Crippen LogP contribution < -0.4 is 0 Å². The van der Waals surface area contributed by atoms with E-state index >= 15 is 0 Å². The molecule has 0 unspecified atom stereocenters. The molecule has 0 saturated heterocycles. The largest absolute Gasteiger partial charge is 0.289 e. The summed E-state index contributed by atoms with van der Waals surface area (Å²) in [5.41, 5.74) is 3.17. The minimum absolute atomic E-state index is 0.100. The molecule has 0 aliphatic heterocycles. The van der Waals surface area contributed by atoms with Crippen molar-refractivity contribution in [3.05, 3.63) is 64.7 Å². The zero-order valence-electron chi connectivity index (χ0n) is 11.7. The second kappa shape index (κ2) is 5.21. The van der Waals surface area contributed by atoms with E-state index in [-0.39, 0.29) is 10.7 Å². The number of benzene rings is 2. The molecule has 3 nitrogen and oxygen atoms in total. The van der Waals surface area contributed by atoms with E-state index in [0.29, 0.717) is 11.1 Å². The smallest absolute Gasteiger partial charge is 0.193 e. The topological polar surface area (TPSA) is 51.2 Å². The van der Waals surface area contributed by atoms with E-state index in [1.807, 2.05) is 32.0 Å². The van der Waals surface area contributed by atoms with E-state index in [1.54, 1.807) is 12.1 Å². The van der Waals surface area contributed by atoms with Gasteiger partial charge in [0.25, 0.3) is 0 Å². The van der Waals surface area contributed by atoms with E-state index in [0.717, 1.165) is 17.4 Å². The van der Waals surface area contributed by atoms with Gasteiger partial charge in [0.1, 0.15) is 0 Å². The first-order chi connectivity index (χ1) is 9.27. The summed E-state index contributed by atoms with van der Waals surface area (Å²) < 4.78 is 22.8. The first kappa shape index (κ1) is 14.5. The monoisotopic (exact) mass is 288 g/mol. The minimum Gasteiger partial charge on any atom is -0.289 e. The highest BCUT2D eigenvalue weighted by atomic mass is 32.2. The molecule has 0 bridgehead atoms. The van der Waals surface area contributed by atoms with E-state index in [2.05, 4.69) is 0 Å². The molecule has 0 radical (unpaired) electrons. The number of hydrogen-bond donors (Lipinski definition) is 0. The minimum atomic E-state index is -3.23. The Bertz CT molecular complexity index is 737. The van der Waals surface area contributed by atoms with Gasteiger partial charge >= 0.3 is 0 Å². The van der Waals surface area contributed by atoms with Gasteiger partial charge in [0.05, 0.1) is 4.90 Å². The predicted molar refractivity (Wildman–Crippen MR) is 78.9 cm³/mol. The summed E-state index contributed by atoms with van der Waals surface area (Å²) in [6.07, 6.45) is 1.15. The standard InChI is InChI=1S/C16H16O3S/c1-11-8-12(2)10-14(9-11)16(17)13-4-6-15(7-5-13)20(3,18)19/h4-10H,1-3H3. The molecule has 2 aromatic carbocycles. The summed E-state index contributed by atoms with van der Waals surface area (Å²) in [6.45, 7) is 3.88. The zero-order chi connectivity index (χ0) is 14.9. The highest BCUT2D eigenvalue weighted by molar-refractivity contribution is 7.90. The Labute approximate surface area is 119 Å². The molecule has 0 N–H and O–H groups in total. The zero-order valence-corrected chi connectivity index (χ0v) is 12.5. The Kier molecular flexibility index (Phi) is 3.77. The number of aryl methyl sites for hydroxylation is 2. The number of ketones is 1. The van der Waals surface area contributed by atoms with Crippen LogP contribution in [0.25, 0.3) is 0 Å². The molecule has 104 valence electrons. The second-order valence-corrected chi connectivity index (χ2v) is 7.02.